The van der Waals surface area contributed by atoms with E-state index in [-0.39, 0.29) is 0 Å². The van der Waals surface area contributed by atoms with Crippen LogP contribution in [0.4, 0.5) is 0 Å². The predicted molar refractivity (Wildman–Crippen MR) is 113 cm³/mol. The first-order valence-electron chi connectivity index (χ1n) is 10.6. The molecule has 0 aromatic rings. The van der Waals surface area contributed by atoms with Gasteiger partial charge in [0, 0.05) is 0 Å². The maximum absolute atomic E-state index is 5.60. The summed E-state index contributed by atoms with van der Waals surface area (Å²) in [5.41, 5.74) is 0. The van der Waals surface area contributed by atoms with Gasteiger partial charge in [-0.3, -0.25) is 0 Å². The average molecular weight is 355 g/mol. The van der Waals surface area contributed by atoms with Crippen molar-refractivity contribution in [1.29, 1.82) is 0 Å². The van der Waals surface area contributed by atoms with E-state index in [4.69, 9.17) is 17.0 Å². The molecule has 1 nitrogen and oxygen atoms in total. The normalized spacial score (nSPS) is 11.2. The summed E-state index contributed by atoms with van der Waals surface area (Å²) in [5, 5.41) is 0.666. The molecule has 0 unspecified atom stereocenters. The zero-order chi connectivity index (χ0) is 17.7. The minimum absolute atomic E-state index is 0.666. The molecule has 0 aromatic heterocycles. The van der Waals surface area contributed by atoms with Crippen molar-refractivity contribution in [3.05, 3.63) is 12.2 Å². The fourth-order valence-corrected chi connectivity index (χ4v) is 3.04. The first-order valence-corrected chi connectivity index (χ1v) is 11.0. The van der Waals surface area contributed by atoms with Crippen LogP contribution in [0.5, 0.6) is 0 Å². The molecule has 0 amide bonds. The molecule has 0 saturated heterocycles. The molecule has 0 atom stereocenters. The summed E-state index contributed by atoms with van der Waals surface area (Å²) in [6, 6.07) is 0. The highest BCUT2D eigenvalue weighted by Gasteiger charge is 1.95. The molecule has 0 N–H and O–H groups in total. The van der Waals surface area contributed by atoms with Gasteiger partial charge in [0.05, 0.1) is 6.61 Å². The lowest BCUT2D eigenvalue weighted by molar-refractivity contribution is 0.301. The fourth-order valence-electron chi connectivity index (χ4n) is 2.86. The van der Waals surface area contributed by atoms with Crippen molar-refractivity contribution in [2.45, 2.75) is 117 Å². The summed E-state index contributed by atoms with van der Waals surface area (Å²) < 4.78 is 5.60. The van der Waals surface area contributed by atoms with Gasteiger partial charge >= 0.3 is 0 Å². The molecule has 0 radical (unpaired) electrons. The Labute approximate surface area is 157 Å². The Morgan fingerprint density at radius 3 is 1.67 bits per heavy atom. The van der Waals surface area contributed by atoms with E-state index in [2.05, 4.69) is 19.9 Å². The maximum Gasteiger partial charge on any atom is 0.183 e. The molecule has 0 heterocycles. The van der Waals surface area contributed by atoms with Crippen molar-refractivity contribution in [2.75, 3.05) is 6.61 Å². The van der Waals surface area contributed by atoms with E-state index in [1.165, 1.54) is 89.9 Å². The van der Waals surface area contributed by atoms with Crippen molar-refractivity contribution < 1.29 is 4.74 Å². The van der Waals surface area contributed by atoms with E-state index in [9.17, 15) is 0 Å². The van der Waals surface area contributed by atoms with Gasteiger partial charge in [-0.25, -0.2) is 0 Å². The molecule has 2 heteroatoms. The highest BCUT2D eigenvalue weighted by Crippen LogP contribution is 2.10. The van der Waals surface area contributed by atoms with Gasteiger partial charge in [0.1, 0.15) is 0 Å². The molecular formula is C22H42OS. The molecule has 0 saturated carbocycles. The van der Waals surface area contributed by atoms with Crippen LogP contribution in [0.1, 0.15) is 117 Å². The van der Waals surface area contributed by atoms with Gasteiger partial charge < -0.3 is 4.74 Å². The van der Waals surface area contributed by atoms with Crippen molar-refractivity contribution in [2.24, 2.45) is 0 Å². The Morgan fingerprint density at radius 2 is 1.12 bits per heavy atom. The van der Waals surface area contributed by atoms with E-state index >= 15 is 0 Å². The molecule has 0 aliphatic carbocycles. The minimum Gasteiger partial charge on any atom is -0.483 e. The van der Waals surface area contributed by atoms with Crippen LogP contribution < -0.4 is 0 Å². The summed E-state index contributed by atoms with van der Waals surface area (Å²) in [6.07, 6.45) is 25.5. The number of allylic oxidation sites excluding steroid dienone is 1. The van der Waals surface area contributed by atoms with Gasteiger partial charge in [-0.1, -0.05) is 103 Å². The number of hydrogen-bond donors (Lipinski definition) is 0. The Balaban J connectivity index is 3.22. The van der Waals surface area contributed by atoms with E-state index in [1.807, 2.05) is 6.08 Å². The van der Waals surface area contributed by atoms with Crippen molar-refractivity contribution in [3.8, 4) is 0 Å². The third-order valence-electron chi connectivity index (χ3n) is 4.47. The lowest BCUT2D eigenvalue weighted by Gasteiger charge is -2.04. The summed E-state index contributed by atoms with van der Waals surface area (Å²) in [6.45, 7) is 5.32. The molecule has 142 valence electrons. The van der Waals surface area contributed by atoms with Crippen molar-refractivity contribution in [1.82, 2.24) is 0 Å². The smallest absolute Gasteiger partial charge is 0.183 e. The zero-order valence-corrected chi connectivity index (χ0v) is 17.3. The summed E-state index contributed by atoms with van der Waals surface area (Å²) in [7, 11) is 0. The van der Waals surface area contributed by atoms with Crippen LogP contribution in [0, 0.1) is 0 Å². The first-order chi connectivity index (χ1) is 11.8. The molecule has 24 heavy (non-hydrogen) atoms. The Kier molecular flexibility index (Phi) is 20.4. The van der Waals surface area contributed by atoms with Crippen LogP contribution in [-0.2, 0) is 4.74 Å². The number of unbranched alkanes of at least 4 members (excludes halogenated alkanes) is 14. The SMILES string of the molecule is CCCCCCCC=CC(=S)OCCCCCCCCCCCC. The molecule has 0 bridgehead atoms. The van der Waals surface area contributed by atoms with Gasteiger partial charge in [-0.05, 0) is 37.6 Å². The number of rotatable bonds is 18. The van der Waals surface area contributed by atoms with Gasteiger partial charge in [-0.15, -0.1) is 0 Å². The Hall–Kier alpha value is -0.370. The van der Waals surface area contributed by atoms with Crippen LogP contribution in [0.2, 0.25) is 0 Å². The van der Waals surface area contributed by atoms with E-state index in [0.717, 1.165) is 19.4 Å². The van der Waals surface area contributed by atoms with E-state index in [0.29, 0.717) is 5.05 Å². The number of hydrogen-bond acceptors (Lipinski definition) is 2. The molecular weight excluding hydrogens is 312 g/mol. The number of ether oxygens (including phenoxy) is 1. The van der Waals surface area contributed by atoms with Gasteiger partial charge in [0.15, 0.2) is 5.05 Å². The van der Waals surface area contributed by atoms with Gasteiger partial charge in [-0.2, -0.15) is 0 Å². The molecule has 0 fully saturated rings. The lowest BCUT2D eigenvalue weighted by Crippen LogP contribution is -2.00. The molecule has 0 aromatic carbocycles. The summed E-state index contributed by atoms with van der Waals surface area (Å²) in [5.74, 6) is 0. The quantitative estimate of drug-likeness (QED) is 0.139. The second-order valence-electron chi connectivity index (χ2n) is 6.95. The van der Waals surface area contributed by atoms with Gasteiger partial charge in [0.25, 0.3) is 0 Å². The van der Waals surface area contributed by atoms with Crippen molar-refractivity contribution in [3.63, 3.8) is 0 Å². The number of thiocarbonyl (C=S) groups is 1. The maximum atomic E-state index is 5.60. The van der Waals surface area contributed by atoms with Gasteiger partial charge in [0.2, 0.25) is 0 Å². The zero-order valence-electron chi connectivity index (χ0n) is 16.5. The van der Waals surface area contributed by atoms with Crippen LogP contribution in [0.25, 0.3) is 0 Å². The molecule has 0 rings (SSSR count). The third-order valence-corrected chi connectivity index (χ3v) is 4.72. The van der Waals surface area contributed by atoms with Crippen LogP contribution in [0.3, 0.4) is 0 Å². The largest absolute Gasteiger partial charge is 0.483 e. The second-order valence-corrected chi connectivity index (χ2v) is 7.36. The molecule has 0 spiro atoms. The van der Waals surface area contributed by atoms with E-state index < -0.39 is 0 Å². The lowest BCUT2D eigenvalue weighted by atomic mass is 10.1. The average Bonchev–Trinajstić information content (AvgIpc) is 2.59. The fraction of sp³-hybridized carbons (Fsp3) is 0.864. The topological polar surface area (TPSA) is 9.23 Å². The first kappa shape index (κ1) is 23.6. The summed E-state index contributed by atoms with van der Waals surface area (Å²) >= 11 is 5.23. The molecule has 0 aliphatic heterocycles. The standard InChI is InChI=1S/C22H42OS/c1-3-5-7-9-11-12-13-15-17-19-21-23-22(24)20-18-16-14-10-8-6-4-2/h18,20H,3-17,19,21H2,1-2H3. The highest BCUT2D eigenvalue weighted by atomic mass is 32.1. The van der Waals surface area contributed by atoms with Crippen LogP contribution >= 0.6 is 12.2 Å². The predicted octanol–water partition coefficient (Wildman–Crippen LogP) is 8.17. The van der Waals surface area contributed by atoms with E-state index in [1.54, 1.807) is 0 Å². The van der Waals surface area contributed by atoms with Crippen molar-refractivity contribution >= 4 is 17.3 Å². The third kappa shape index (κ3) is 19.7. The Morgan fingerprint density at radius 1 is 0.667 bits per heavy atom. The second kappa shape index (κ2) is 20.7. The monoisotopic (exact) mass is 354 g/mol. The highest BCUT2D eigenvalue weighted by molar-refractivity contribution is 7.80. The van der Waals surface area contributed by atoms with Crippen LogP contribution in [-0.4, -0.2) is 11.7 Å². The Bertz CT molecular complexity index is 286. The van der Waals surface area contributed by atoms with Crippen LogP contribution in [0.15, 0.2) is 12.2 Å². The molecule has 0 aliphatic rings. The summed E-state index contributed by atoms with van der Waals surface area (Å²) in [4.78, 5) is 0. The minimum atomic E-state index is 0.666.